The molecule has 0 saturated carbocycles. The molecule has 1 aliphatic heterocycles. The SMILES string of the molecule is COc1ccccc1N=NN1CCCCC1. The van der Waals surface area contributed by atoms with E-state index in [0.29, 0.717) is 0 Å². The number of ether oxygens (including phenoxy) is 1. The van der Waals surface area contributed by atoms with Crippen LogP contribution in [0.3, 0.4) is 0 Å². The fraction of sp³-hybridized carbons (Fsp3) is 0.500. The lowest BCUT2D eigenvalue weighted by atomic mass is 10.2. The number of piperidine rings is 1. The highest BCUT2D eigenvalue weighted by Gasteiger charge is 2.07. The van der Waals surface area contributed by atoms with Crippen molar-refractivity contribution in [2.24, 2.45) is 10.3 Å². The van der Waals surface area contributed by atoms with Crippen LogP contribution in [0.1, 0.15) is 19.3 Å². The van der Waals surface area contributed by atoms with Gasteiger partial charge < -0.3 is 4.74 Å². The van der Waals surface area contributed by atoms with Crippen molar-refractivity contribution in [2.45, 2.75) is 19.3 Å². The summed E-state index contributed by atoms with van der Waals surface area (Å²) in [6, 6.07) is 7.67. The summed E-state index contributed by atoms with van der Waals surface area (Å²) in [5.74, 6) is 0.767. The first kappa shape index (κ1) is 10.9. The molecule has 1 heterocycles. The van der Waals surface area contributed by atoms with E-state index in [1.54, 1.807) is 7.11 Å². The van der Waals surface area contributed by atoms with Gasteiger partial charge in [0.25, 0.3) is 0 Å². The van der Waals surface area contributed by atoms with Crippen LogP contribution in [0.5, 0.6) is 5.75 Å². The minimum absolute atomic E-state index is 0.767. The van der Waals surface area contributed by atoms with Gasteiger partial charge in [0, 0.05) is 13.1 Å². The van der Waals surface area contributed by atoms with Crippen molar-refractivity contribution in [1.82, 2.24) is 5.01 Å². The van der Waals surface area contributed by atoms with E-state index in [9.17, 15) is 0 Å². The van der Waals surface area contributed by atoms with E-state index in [2.05, 4.69) is 10.3 Å². The maximum absolute atomic E-state index is 5.21. The Hall–Kier alpha value is -1.58. The highest BCUT2D eigenvalue weighted by atomic mass is 16.5. The zero-order chi connectivity index (χ0) is 11.2. The third-order valence-corrected chi connectivity index (χ3v) is 2.70. The van der Waals surface area contributed by atoms with Gasteiger partial charge in [0.1, 0.15) is 11.4 Å². The van der Waals surface area contributed by atoms with E-state index in [4.69, 9.17) is 4.74 Å². The molecule has 1 fully saturated rings. The van der Waals surface area contributed by atoms with Crippen molar-refractivity contribution in [3.8, 4) is 5.75 Å². The second-order valence-electron chi connectivity index (χ2n) is 3.88. The predicted molar refractivity (Wildman–Crippen MR) is 62.9 cm³/mol. The van der Waals surface area contributed by atoms with E-state index in [-0.39, 0.29) is 0 Å². The number of methoxy groups -OCH3 is 1. The molecule has 2 rings (SSSR count). The summed E-state index contributed by atoms with van der Waals surface area (Å²) in [6.07, 6.45) is 3.73. The summed E-state index contributed by atoms with van der Waals surface area (Å²) >= 11 is 0. The van der Waals surface area contributed by atoms with E-state index in [1.807, 2.05) is 29.3 Å². The smallest absolute Gasteiger partial charge is 0.146 e. The number of nitrogens with zero attached hydrogens (tertiary/aromatic N) is 3. The van der Waals surface area contributed by atoms with Crippen molar-refractivity contribution < 1.29 is 4.74 Å². The molecular formula is C12H17N3O. The average Bonchev–Trinajstić information content (AvgIpc) is 2.38. The molecule has 1 saturated heterocycles. The van der Waals surface area contributed by atoms with Gasteiger partial charge in [-0.25, -0.2) is 0 Å². The lowest BCUT2D eigenvalue weighted by molar-refractivity contribution is 0.224. The lowest BCUT2D eigenvalue weighted by Gasteiger charge is -2.21. The molecule has 0 bridgehead atoms. The molecule has 1 aromatic rings. The van der Waals surface area contributed by atoms with Crippen molar-refractivity contribution in [3.63, 3.8) is 0 Å². The molecule has 0 aliphatic carbocycles. The summed E-state index contributed by atoms with van der Waals surface area (Å²) in [7, 11) is 1.65. The lowest BCUT2D eigenvalue weighted by Crippen LogP contribution is -2.23. The number of rotatable bonds is 3. The summed E-state index contributed by atoms with van der Waals surface area (Å²) in [6.45, 7) is 2.03. The highest BCUT2D eigenvalue weighted by molar-refractivity contribution is 5.50. The van der Waals surface area contributed by atoms with Gasteiger partial charge in [0.2, 0.25) is 0 Å². The zero-order valence-corrected chi connectivity index (χ0v) is 9.59. The Balaban J connectivity index is 2.04. The largest absolute Gasteiger partial charge is 0.494 e. The van der Waals surface area contributed by atoms with Gasteiger partial charge in [-0.15, -0.1) is 5.11 Å². The fourth-order valence-corrected chi connectivity index (χ4v) is 1.79. The van der Waals surface area contributed by atoms with E-state index in [0.717, 1.165) is 24.5 Å². The monoisotopic (exact) mass is 219 g/mol. The number of benzene rings is 1. The van der Waals surface area contributed by atoms with Gasteiger partial charge in [-0.1, -0.05) is 17.4 Å². The minimum Gasteiger partial charge on any atom is -0.494 e. The van der Waals surface area contributed by atoms with Gasteiger partial charge in [-0.05, 0) is 31.4 Å². The van der Waals surface area contributed by atoms with Gasteiger partial charge in [-0.3, -0.25) is 5.01 Å². The van der Waals surface area contributed by atoms with Crippen LogP contribution in [0.2, 0.25) is 0 Å². The molecule has 0 unspecified atom stereocenters. The quantitative estimate of drug-likeness (QED) is 0.732. The average molecular weight is 219 g/mol. The molecule has 0 amide bonds. The Bertz CT molecular complexity index is 359. The molecule has 4 heteroatoms. The Labute approximate surface area is 95.9 Å². The van der Waals surface area contributed by atoms with Crippen molar-refractivity contribution >= 4 is 5.69 Å². The summed E-state index contributed by atoms with van der Waals surface area (Å²) in [5.41, 5.74) is 0.788. The van der Waals surface area contributed by atoms with Crippen LogP contribution < -0.4 is 4.74 Å². The Kier molecular flexibility index (Phi) is 3.75. The molecule has 4 nitrogen and oxygen atoms in total. The number of para-hydroxylation sites is 1. The molecule has 86 valence electrons. The third kappa shape index (κ3) is 2.72. The van der Waals surface area contributed by atoms with Crippen LogP contribution in [-0.2, 0) is 0 Å². The van der Waals surface area contributed by atoms with Gasteiger partial charge in [-0.2, -0.15) is 0 Å². The molecule has 0 radical (unpaired) electrons. The van der Waals surface area contributed by atoms with Crippen molar-refractivity contribution in [1.29, 1.82) is 0 Å². The molecule has 0 spiro atoms. The maximum atomic E-state index is 5.21. The van der Waals surface area contributed by atoms with Crippen LogP contribution in [0.15, 0.2) is 34.6 Å². The molecule has 1 aliphatic rings. The Morgan fingerprint density at radius 2 is 1.88 bits per heavy atom. The molecule has 1 aromatic carbocycles. The number of hydrogen-bond acceptors (Lipinski definition) is 3. The van der Waals surface area contributed by atoms with Crippen molar-refractivity contribution in [2.75, 3.05) is 20.2 Å². The summed E-state index contributed by atoms with van der Waals surface area (Å²) in [4.78, 5) is 0. The normalized spacial score (nSPS) is 16.7. The van der Waals surface area contributed by atoms with Crippen LogP contribution in [0.25, 0.3) is 0 Å². The molecule has 0 N–H and O–H groups in total. The molecule has 0 atom stereocenters. The molecular weight excluding hydrogens is 202 g/mol. The van der Waals surface area contributed by atoms with Crippen LogP contribution in [0, 0.1) is 0 Å². The topological polar surface area (TPSA) is 37.2 Å². The molecule has 0 aromatic heterocycles. The zero-order valence-electron chi connectivity index (χ0n) is 9.59. The third-order valence-electron chi connectivity index (χ3n) is 2.70. The first-order chi connectivity index (χ1) is 7.90. The summed E-state index contributed by atoms with van der Waals surface area (Å²) in [5, 5.41) is 10.5. The Morgan fingerprint density at radius 1 is 1.12 bits per heavy atom. The van der Waals surface area contributed by atoms with Gasteiger partial charge in [0.05, 0.1) is 7.11 Å². The first-order valence-electron chi connectivity index (χ1n) is 5.70. The van der Waals surface area contributed by atoms with Gasteiger partial charge >= 0.3 is 0 Å². The van der Waals surface area contributed by atoms with E-state index < -0.39 is 0 Å². The Morgan fingerprint density at radius 3 is 2.62 bits per heavy atom. The fourth-order valence-electron chi connectivity index (χ4n) is 1.79. The highest BCUT2D eigenvalue weighted by Crippen LogP contribution is 2.26. The standard InChI is InChI=1S/C12H17N3O/c1-16-12-8-4-3-7-11(12)13-14-15-9-5-2-6-10-15/h3-4,7-8H,2,5-6,9-10H2,1H3. The van der Waals surface area contributed by atoms with Crippen LogP contribution in [0.4, 0.5) is 5.69 Å². The second kappa shape index (κ2) is 5.49. The number of hydrogen-bond donors (Lipinski definition) is 0. The maximum Gasteiger partial charge on any atom is 0.146 e. The van der Waals surface area contributed by atoms with Crippen molar-refractivity contribution in [3.05, 3.63) is 24.3 Å². The van der Waals surface area contributed by atoms with E-state index >= 15 is 0 Å². The predicted octanol–water partition coefficient (Wildman–Crippen LogP) is 3.18. The van der Waals surface area contributed by atoms with E-state index in [1.165, 1.54) is 19.3 Å². The van der Waals surface area contributed by atoms with Gasteiger partial charge in [0.15, 0.2) is 0 Å². The molecule has 16 heavy (non-hydrogen) atoms. The summed E-state index contributed by atoms with van der Waals surface area (Å²) < 4.78 is 5.21. The van der Waals surface area contributed by atoms with Crippen LogP contribution >= 0.6 is 0 Å². The van der Waals surface area contributed by atoms with Crippen LogP contribution in [-0.4, -0.2) is 25.2 Å². The minimum atomic E-state index is 0.767. The first-order valence-corrected chi connectivity index (χ1v) is 5.70. The second-order valence-corrected chi connectivity index (χ2v) is 3.88.